The van der Waals surface area contributed by atoms with Gasteiger partial charge in [0.25, 0.3) is 5.56 Å². The number of aromatic nitrogens is 2. The topological polar surface area (TPSA) is 67.7 Å². The number of amides is 1. The maximum absolute atomic E-state index is 13.1. The van der Waals surface area contributed by atoms with Crippen molar-refractivity contribution in [3.05, 3.63) is 51.0 Å². The summed E-state index contributed by atoms with van der Waals surface area (Å²) < 4.78 is 6.81. The Hall–Kier alpha value is -2.38. The van der Waals surface area contributed by atoms with Gasteiger partial charge in [0, 0.05) is 43.0 Å². The number of ether oxygens (including phenoxy) is 1. The maximum Gasteiger partial charge on any atom is 0.255 e. The fourth-order valence-corrected chi connectivity index (χ4v) is 4.13. The molecular weight excluding hydrogens is 380 g/mol. The zero-order chi connectivity index (χ0) is 19.8. The molecule has 7 nitrogen and oxygen atoms in total. The average molecular weight is 403 g/mol. The van der Waals surface area contributed by atoms with E-state index in [9.17, 15) is 9.59 Å². The highest BCUT2D eigenvalue weighted by molar-refractivity contribution is 6.32. The van der Waals surface area contributed by atoms with Crippen LogP contribution in [0.1, 0.15) is 18.3 Å². The minimum Gasteiger partial charge on any atom is -0.378 e. The summed E-state index contributed by atoms with van der Waals surface area (Å²) in [6.45, 7) is 4.58. The van der Waals surface area contributed by atoms with Gasteiger partial charge in [-0.15, -0.1) is 0 Å². The van der Waals surface area contributed by atoms with Crippen molar-refractivity contribution in [1.29, 1.82) is 0 Å². The van der Waals surface area contributed by atoms with Gasteiger partial charge in [-0.05, 0) is 31.0 Å². The third-order valence-corrected chi connectivity index (χ3v) is 5.78. The number of anilines is 2. The van der Waals surface area contributed by atoms with E-state index in [4.69, 9.17) is 16.3 Å². The molecule has 2 aromatic rings. The monoisotopic (exact) mass is 402 g/mol. The van der Waals surface area contributed by atoms with Gasteiger partial charge in [-0.3, -0.25) is 14.2 Å². The molecule has 2 aliphatic rings. The second-order valence-corrected chi connectivity index (χ2v) is 7.67. The van der Waals surface area contributed by atoms with E-state index in [1.807, 2.05) is 30.0 Å². The summed E-state index contributed by atoms with van der Waals surface area (Å²) >= 11 is 6.31. The number of fused-ring (bicyclic) bond motifs is 1. The Labute approximate surface area is 168 Å². The Balaban J connectivity index is 1.62. The lowest BCUT2D eigenvalue weighted by atomic mass is 10.1. The van der Waals surface area contributed by atoms with E-state index in [0.29, 0.717) is 43.0 Å². The zero-order valence-corrected chi connectivity index (χ0v) is 16.8. The highest BCUT2D eigenvalue weighted by atomic mass is 35.5. The van der Waals surface area contributed by atoms with Crippen molar-refractivity contribution >= 4 is 29.0 Å². The number of carbonyl (C=O) groups excluding carboxylic acids is 1. The van der Waals surface area contributed by atoms with Crippen molar-refractivity contribution in [2.45, 2.75) is 25.8 Å². The van der Waals surface area contributed by atoms with Crippen LogP contribution in [0.5, 0.6) is 0 Å². The molecule has 0 N–H and O–H groups in total. The van der Waals surface area contributed by atoms with Gasteiger partial charge < -0.3 is 14.5 Å². The van der Waals surface area contributed by atoms with Gasteiger partial charge in [0.05, 0.1) is 19.6 Å². The van der Waals surface area contributed by atoms with E-state index >= 15 is 0 Å². The molecule has 8 heteroatoms. The summed E-state index contributed by atoms with van der Waals surface area (Å²) in [5.41, 5.74) is 1.67. The van der Waals surface area contributed by atoms with Crippen LogP contribution in [-0.4, -0.2) is 47.8 Å². The molecule has 1 saturated heterocycles. The molecule has 0 unspecified atom stereocenters. The molecule has 0 aliphatic carbocycles. The van der Waals surface area contributed by atoms with Crippen LogP contribution >= 0.6 is 11.6 Å². The van der Waals surface area contributed by atoms with Crippen LogP contribution < -0.4 is 15.4 Å². The van der Waals surface area contributed by atoms with E-state index in [2.05, 4.69) is 4.98 Å². The van der Waals surface area contributed by atoms with Crippen LogP contribution in [0.15, 0.2) is 29.1 Å². The number of carbonyl (C=O) groups is 1. The van der Waals surface area contributed by atoms with Gasteiger partial charge in [-0.1, -0.05) is 17.7 Å². The molecule has 0 radical (unpaired) electrons. The summed E-state index contributed by atoms with van der Waals surface area (Å²) in [4.78, 5) is 34.0. The molecule has 1 fully saturated rings. The van der Waals surface area contributed by atoms with Crippen LogP contribution in [0, 0.1) is 0 Å². The molecule has 0 spiro atoms. The van der Waals surface area contributed by atoms with E-state index in [1.54, 1.807) is 11.9 Å². The molecule has 1 aromatic carbocycles. The van der Waals surface area contributed by atoms with Crippen molar-refractivity contribution in [3.63, 3.8) is 0 Å². The standard InChI is InChI=1S/C20H23ClN4O3/c1-13-10-14-15(21)4-3-5-16(14)25(13)20(27)11-17-22-18(12-19(26)23(17)2)24-6-8-28-9-7-24/h3-5,12-13H,6-11H2,1-2H3/t13-/m1/s1. The Bertz CT molecular complexity index is 968. The van der Waals surface area contributed by atoms with Gasteiger partial charge in [-0.25, -0.2) is 4.98 Å². The minimum absolute atomic E-state index is 0.0156. The molecule has 0 bridgehead atoms. The Kier molecular flexibility index (Phi) is 5.12. The molecule has 1 aromatic heterocycles. The summed E-state index contributed by atoms with van der Waals surface area (Å²) in [5, 5.41) is 0.680. The number of halogens is 1. The van der Waals surface area contributed by atoms with Crippen LogP contribution in [0.2, 0.25) is 5.02 Å². The van der Waals surface area contributed by atoms with Crippen LogP contribution in [0.25, 0.3) is 0 Å². The predicted molar refractivity (Wildman–Crippen MR) is 108 cm³/mol. The molecule has 0 saturated carbocycles. The van der Waals surface area contributed by atoms with Crippen molar-refractivity contribution < 1.29 is 9.53 Å². The quantitative estimate of drug-likeness (QED) is 0.783. The van der Waals surface area contributed by atoms with Crippen molar-refractivity contribution in [3.8, 4) is 0 Å². The summed E-state index contributed by atoms with van der Waals surface area (Å²) in [6, 6.07) is 7.15. The Morgan fingerprint density at radius 1 is 1.32 bits per heavy atom. The Morgan fingerprint density at radius 2 is 2.07 bits per heavy atom. The molecule has 28 heavy (non-hydrogen) atoms. The van der Waals surface area contributed by atoms with Gasteiger partial charge in [0.1, 0.15) is 11.6 Å². The minimum atomic E-state index is -0.169. The fourth-order valence-electron chi connectivity index (χ4n) is 3.89. The third-order valence-electron chi connectivity index (χ3n) is 5.42. The lowest BCUT2D eigenvalue weighted by Gasteiger charge is -2.28. The number of rotatable bonds is 3. The first-order chi connectivity index (χ1) is 13.5. The van der Waals surface area contributed by atoms with Crippen LogP contribution in [-0.2, 0) is 29.4 Å². The van der Waals surface area contributed by atoms with Crippen LogP contribution in [0.4, 0.5) is 11.5 Å². The van der Waals surface area contributed by atoms with E-state index < -0.39 is 0 Å². The van der Waals surface area contributed by atoms with Gasteiger partial charge in [-0.2, -0.15) is 0 Å². The van der Waals surface area contributed by atoms with Gasteiger partial charge in [0.15, 0.2) is 0 Å². The maximum atomic E-state index is 13.1. The first-order valence-corrected chi connectivity index (χ1v) is 9.82. The second-order valence-electron chi connectivity index (χ2n) is 7.26. The van der Waals surface area contributed by atoms with Crippen molar-refractivity contribution in [2.75, 3.05) is 36.1 Å². The van der Waals surface area contributed by atoms with Gasteiger partial charge >= 0.3 is 0 Å². The third kappa shape index (κ3) is 3.40. The van der Waals surface area contributed by atoms with E-state index in [0.717, 1.165) is 17.7 Å². The number of benzene rings is 1. The van der Waals surface area contributed by atoms with Crippen molar-refractivity contribution in [1.82, 2.24) is 9.55 Å². The molecular formula is C20H23ClN4O3. The molecule has 3 heterocycles. The van der Waals surface area contributed by atoms with Gasteiger partial charge in [0.2, 0.25) is 5.91 Å². The average Bonchev–Trinajstić information content (AvgIpc) is 3.03. The second kappa shape index (κ2) is 7.56. The molecule has 1 amide bonds. The predicted octanol–water partition coefficient (Wildman–Crippen LogP) is 1.79. The molecule has 148 valence electrons. The molecule has 4 rings (SSSR count). The van der Waals surface area contributed by atoms with E-state index in [-0.39, 0.29) is 23.9 Å². The number of hydrogen-bond acceptors (Lipinski definition) is 5. The lowest BCUT2D eigenvalue weighted by Crippen LogP contribution is -2.40. The number of hydrogen-bond donors (Lipinski definition) is 0. The molecule has 1 atom stereocenters. The van der Waals surface area contributed by atoms with E-state index in [1.165, 1.54) is 10.6 Å². The zero-order valence-electron chi connectivity index (χ0n) is 16.0. The Morgan fingerprint density at radius 3 is 2.82 bits per heavy atom. The normalized spacial score (nSPS) is 19.0. The SMILES string of the molecule is C[C@@H]1Cc2c(Cl)cccc2N1C(=O)Cc1nc(N2CCOCC2)cc(=O)n1C. The summed E-state index contributed by atoms with van der Waals surface area (Å²) in [5.74, 6) is 0.976. The highest BCUT2D eigenvalue weighted by Gasteiger charge is 2.32. The lowest BCUT2D eigenvalue weighted by molar-refractivity contribution is -0.118. The van der Waals surface area contributed by atoms with Crippen molar-refractivity contribution in [2.24, 2.45) is 7.05 Å². The number of nitrogens with zero attached hydrogens (tertiary/aromatic N) is 4. The highest BCUT2D eigenvalue weighted by Crippen LogP contribution is 2.36. The summed E-state index contributed by atoms with van der Waals surface area (Å²) in [6.07, 6.45) is 0.779. The summed E-state index contributed by atoms with van der Waals surface area (Å²) in [7, 11) is 1.65. The number of morpholine rings is 1. The first kappa shape index (κ1) is 19.0. The van der Waals surface area contributed by atoms with Crippen LogP contribution in [0.3, 0.4) is 0 Å². The molecule has 2 aliphatic heterocycles. The first-order valence-electron chi connectivity index (χ1n) is 9.45. The smallest absolute Gasteiger partial charge is 0.255 e. The largest absolute Gasteiger partial charge is 0.378 e. The fraction of sp³-hybridized carbons (Fsp3) is 0.450.